The van der Waals surface area contributed by atoms with Gasteiger partial charge in [-0.1, -0.05) is 72.8 Å². The fourth-order valence-electron chi connectivity index (χ4n) is 4.83. The summed E-state index contributed by atoms with van der Waals surface area (Å²) in [5.74, 6) is -3.12. The molecule has 1 heterocycles. The van der Waals surface area contributed by atoms with Gasteiger partial charge in [0.1, 0.15) is 12.7 Å². The number of hydrogen-bond donors (Lipinski definition) is 1. The minimum Gasteiger partial charge on any atom is -0.459 e. The summed E-state index contributed by atoms with van der Waals surface area (Å²) in [6.07, 6.45) is -7.23. The van der Waals surface area contributed by atoms with E-state index in [2.05, 4.69) is 0 Å². The first-order valence-electron chi connectivity index (χ1n) is 14.8. The Labute approximate surface area is 270 Å². The highest BCUT2D eigenvalue weighted by molar-refractivity contribution is 5.91. The van der Waals surface area contributed by atoms with Crippen LogP contribution in [0.15, 0.2) is 121 Å². The normalized spacial score (nSPS) is 20.4. The molecule has 47 heavy (non-hydrogen) atoms. The van der Waals surface area contributed by atoms with Crippen molar-refractivity contribution in [3.63, 3.8) is 0 Å². The monoisotopic (exact) mass is 640 g/mol. The van der Waals surface area contributed by atoms with Gasteiger partial charge in [-0.25, -0.2) is 19.2 Å². The number of carbonyl (C=O) groups excluding carboxylic acids is 4. The summed E-state index contributed by atoms with van der Waals surface area (Å²) in [6.45, 7) is -1.15. The number of ether oxygens (including phenoxy) is 6. The summed E-state index contributed by atoms with van der Waals surface area (Å²) in [5.41, 5.74) is 0.784. The molecule has 1 fully saturated rings. The van der Waals surface area contributed by atoms with Gasteiger partial charge in [0.05, 0.1) is 35.5 Å². The third-order valence-corrected chi connectivity index (χ3v) is 7.11. The van der Waals surface area contributed by atoms with Crippen LogP contribution in [0.5, 0.6) is 0 Å². The number of aliphatic hydroxyl groups is 1. The van der Waals surface area contributed by atoms with Crippen LogP contribution in [0.4, 0.5) is 0 Å². The molecule has 1 saturated heterocycles. The Morgan fingerprint density at radius 2 is 0.915 bits per heavy atom. The van der Waals surface area contributed by atoms with Crippen molar-refractivity contribution >= 4 is 23.9 Å². The molecule has 1 aliphatic rings. The van der Waals surface area contributed by atoms with E-state index in [9.17, 15) is 24.3 Å². The quantitative estimate of drug-likeness (QED) is 0.175. The molecule has 1 N–H and O–H groups in total. The first-order chi connectivity index (χ1) is 22.9. The second-order valence-corrected chi connectivity index (χ2v) is 10.3. The van der Waals surface area contributed by atoms with Gasteiger partial charge in [-0.05, 0) is 48.5 Å². The van der Waals surface area contributed by atoms with Crippen molar-refractivity contribution in [3.05, 3.63) is 144 Å². The Morgan fingerprint density at radius 1 is 0.532 bits per heavy atom. The first kappa shape index (κ1) is 33.0. The molecule has 11 nitrogen and oxygen atoms in total. The molecule has 0 aromatic heterocycles. The van der Waals surface area contributed by atoms with Crippen LogP contribution in [0.3, 0.4) is 0 Å². The van der Waals surface area contributed by atoms with Crippen LogP contribution in [0.1, 0.15) is 41.4 Å². The average molecular weight is 641 g/mol. The molecule has 0 amide bonds. The molecule has 1 aliphatic heterocycles. The lowest BCUT2D eigenvalue weighted by Crippen LogP contribution is -2.63. The van der Waals surface area contributed by atoms with Gasteiger partial charge >= 0.3 is 23.9 Å². The molecular formula is C36H32O11. The first-order valence-corrected chi connectivity index (χ1v) is 14.8. The Bertz CT molecular complexity index is 1610. The molecule has 0 spiro atoms. The van der Waals surface area contributed by atoms with Crippen LogP contribution in [0.2, 0.25) is 0 Å². The van der Waals surface area contributed by atoms with Gasteiger partial charge in [-0.3, -0.25) is 0 Å². The Kier molecular flexibility index (Phi) is 11.4. The van der Waals surface area contributed by atoms with Crippen LogP contribution in [0.25, 0.3) is 0 Å². The van der Waals surface area contributed by atoms with Gasteiger partial charge in [0, 0.05) is 0 Å². The van der Waals surface area contributed by atoms with Crippen LogP contribution in [-0.2, 0) is 28.4 Å². The van der Waals surface area contributed by atoms with E-state index < -0.39 is 67.8 Å². The fourth-order valence-corrected chi connectivity index (χ4v) is 4.83. The third kappa shape index (κ3) is 8.67. The standard InChI is InChI=1S/C36H32O11/c37-21-22-42-36-31(47-35(41)27-19-11-4-12-20-27)30(46-34(40)26-17-9-3-10-18-26)29(45-33(39)25-15-7-2-8-16-25)28(44-36)23-43-32(38)24-13-5-1-6-14-24/h1-20,28-31,36-37H,21-23H2/t28-,29+,30+,31-,36+/m1/s1. The number of rotatable bonds is 12. The Hall–Kier alpha value is -5.36. The van der Waals surface area contributed by atoms with E-state index in [4.69, 9.17) is 28.4 Å². The smallest absolute Gasteiger partial charge is 0.338 e. The second-order valence-electron chi connectivity index (χ2n) is 10.3. The molecule has 11 heteroatoms. The Balaban J connectivity index is 1.53. The fraction of sp³-hybridized carbons (Fsp3) is 0.222. The zero-order chi connectivity index (χ0) is 33.0. The molecule has 0 aliphatic carbocycles. The van der Waals surface area contributed by atoms with E-state index in [1.165, 1.54) is 36.4 Å². The summed E-state index contributed by atoms with van der Waals surface area (Å²) < 4.78 is 35.1. The minimum absolute atomic E-state index is 0.167. The van der Waals surface area contributed by atoms with Crippen LogP contribution in [-0.4, -0.2) is 79.5 Å². The number of esters is 4. The Morgan fingerprint density at radius 3 is 1.34 bits per heavy atom. The molecule has 4 aromatic rings. The largest absolute Gasteiger partial charge is 0.459 e. The van der Waals surface area contributed by atoms with Gasteiger partial charge in [-0.2, -0.15) is 0 Å². The van der Waals surface area contributed by atoms with E-state index in [1.54, 1.807) is 84.9 Å². The molecule has 4 aromatic carbocycles. The summed E-state index contributed by atoms with van der Waals surface area (Å²) in [4.78, 5) is 53.1. The van der Waals surface area contributed by atoms with E-state index in [-0.39, 0.29) is 28.9 Å². The minimum atomic E-state index is -1.53. The maximum absolute atomic E-state index is 13.5. The molecule has 0 unspecified atom stereocenters. The third-order valence-electron chi connectivity index (χ3n) is 7.11. The highest BCUT2D eigenvalue weighted by atomic mass is 16.7. The molecule has 0 bridgehead atoms. The molecular weight excluding hydrogens is 608 g/mol. The molecule has 5 atom stereocenters. The predicted octanol–water partition coefficient (Wildman–Crippen LogP) is 4.25. The maximum atomic E-state index is 13.5. The number of carbonyl (C=O) groups is 4. The molecule has 0 saturated carbocycles. The van der Waals surface area contributed by atoms with Crippen molar-refractivity contribution in [3.8, 4) is 0 Å². The van der Waals surface area contributed by atoms with Gasteiger partial charge in [0.25, 0.3) is 0 Å². The number of hydrogen-bond acceptors (Lipinski definition) is 11. The van der Waals surface area contributed by atoms with Gasteiger partial charge in [0.2, 0.25) is 0 Å². The zero-order valence-corrected chi connectivity index (χ0v) is 25.1. The van der Waals surface area contributed by atoms with Crippen LogP contribution < -0.4 is 0 Å². The van der Waals surface area contributed by atoms with Crippen LogP contribution in [0, 0.1) is 0 Å². The molecule has 242 valence electrons. The van der Waals surface area contributed by atoms with Crippen molar-refractivity contribution in [2.75, 3.05) is 19.8 Å². The van der Waals surface area contributed by atoms with E-state index in [0.717, 1.165) is 0 Å². The molecule has 5 rings (SSSR count). The van der Waals surface area contributed by atoms with Crippen molar-refractivity contribution in [1.82, 2.24) is 0 Å². The summed E-state index contributed by atoms with van der Waals surface area (Å²) in [6, 6.07) is 32.4. The summed E-state index contributed by atoms with van der Waals surface area (Å²) in [5, 5.41) is 9.56. The molecule has 0 radical (unpaired) electrons. The van der Waals surface area contributed by atoms with Gasteiger partial charge in [0.15, 0.2) is 24.6 Å². The summed E-state index contributed by atoms with van der Waals surface area (Å²) in [7, 11) is 0. The van der Waals surface area contributed by atoms with E-state index in [0.29, 0.717) is 0 Å². The second kappa shape index (κ2) is 16.3. The lowest BCUT2D eigenvalue weighted by molar-refractivity contribution is -0.299. The summed E-state index contributed by atoms with van der Waals surface area (Å²) >= 11 is 0. The maximum Gasteiger partial charge on any atom is 0.338 e. The number of benzene rings is 4. The highest BCUT2D eigenvalue weighted by Crippen LogP contribution is 2.31. The average Bonchev–Trinajstić information content (AvgIpc) is 3.13. The van der Waals surface area contributed by atoms with E-state index in [1.807, 2.05) is 0 Å². The lowest BCUT2D eigenvalue weighted by atomic mass is 9.97. The van der Waals surface area contributed by atoms with Crippen molar-refractivity contribution in [2.24, 2.45) is 0 Å². The van der Waals surface area contributed by atoms with Gasteiger partial charge < -0.3 is 33.5 Å². The van der Waals surface area contributed by atoms with Crippen molar-refractivity contribution in [1.29, 1.82) is 0 Å². The van der Waals surface area contributed by atoms with Crippen LogP contribution >= 0.6 is 0 Å². The highest BCUT2D eigenvalue weighted by Gasteiger charge is 2.53. The zero-order valence-electron chi connectivity index (χ0n) is 25.1. The SMILES string of the molecule is O=C(OC[C@H]1O[C@H](OCCO)[C@H](OC(=O)c2ccccc2)[C@@H](OC(=O)c2ccccc2)[C@H]1OC(=O)c1ccccc1)c1ccccc1. The van der Waals surface area contributed by atoms with Crippen molar-refractivity contribution in [2.45, 2.75) is 30.7 Å². The lowest BCUT2D eigenvalue weighted by Gasteiger charge is -2.44. The number of aliphatic hydroxyl groups excluding tert-OH is 1. The predicted molar refractivity (Wildman–Crippen MR) is 165 cm³/mol. The topological polar surface area (TPSA) is 144 Å². The van der Waals surface area contributed by atoms with Crippen molar-refractivity contribution < 1.29 is 52.7 Å². The van der Waals surface area contributed by atoms with Gasteiger partial charge in [-0.15, -0.1) is 0 Å². The van der Waals surface area contributed by atoms with E-state index >= 15 is 0 Å².